The third-order valence-electron chi connectivity index (χ3n) is 5.52. The summed E-state index contributed by atoms with van der Waals surface area (Å²) in [6.45, 7) is 4.17. The molecular formula is C26H42N4. The molecule has 0 heterocycles. The zero-order valence-electron chi connectivity index (χ0n) is 19.6. The van der Waals surface area contributed by atoms with Gasteiger partial charge in [-0.15, -0.1) is 0 Å². The number of hydrogen-bond acceptors (Lipinski definition) is 4. The molecule has 0 unspecified atom stereocenters. The molecule has 2 N–H and O–H groups in total. The molecule has 0 fully saturated rings. The van der Waals surface area contributed by atoms with E-state index >= 15 is 0 Å². The molecular weight excluding hydrogens is 368 g/mol. The molecule has 4 heteroatoms. The van der Waals surface area contributed by atoms with Crippen LogP contribution in [0.25, 0.3) is 0 Å². The molecule has 166 valence electrons. The van der Waals surface area contributed by atoms with Crippen molar-refractivity contribution in [2.75, 3.05) is 51.1 Å². The Morgan fingerprint density at radius 3 is 1.17 bits per heavy atom. The van der Waals surface area contributed by atoms with Crippen LogP contribution >= 0.6 is 0 Å². The lowest BCUT2D eigenvalue weighted by molar-refractivity contribution is 0.549. The van der Waals surface area contributed by atoms with Crippen LogP contribution in [0.3, 0.4) is 0 Å². The predicted octanol–water partition coefficient (Wildman–Crippen LogP) is 5.04. The fourth-order valence-corrected chi connectivity index (χ4v) is 3.50. The Balaban J connectivity index is 1.39. The molecule has 0 saturated heterocycles. The Bertz CT molecular complexity index is 616. The second kappa shape index (κ2) is 14.1. The molecule has 30 heavy (non-hydrogen) atoms. The molecule has 2 aromatic rings. The van der Waals surface area contributed by atoms with E-state index in [9.17, 15) is 0 Å². The largest absolute Gasteiger partial charge is 0.378 e. The fourth-order valence-electron chi connectivity index (χ4n) is 3.50. The van der Waals surface area contributed by atoms with Crippen molar-refractivity contribution < 1.29 is 0 Å². The summed E-state index contributed by atoms with van der Waals surface area (Å²) in [6, 6.07) is 17.6. The van der Waals surface area contributed by atoms with Crippen LogP contribution in [0.4, 0.5) is 11.4 Å². The van der Waals surface area contributed by atoms with Crippen molar-refractivity contribution in [1.29, 1.82) is 0 Å². The van der Waals surface area contributed by atoms with E-state index in [2.05, 4.69) is 97.2 Å². The maximum Gasteiger partial charge on any atom is 0.0361 e. The minimum absolute atomic E-state index is 0.969. The highest BCUT2D eigenvalue weighted by Gasteiger charge is 1.98. The van der Waals surface area contributed by atoms with Crippen LogP contribution in [0.5, 0.6) is 0 Å². The molecule has 0 amide bonds. The lowest BCUT2D eigenvalue weighted by Crippen LogP contribution is -2.15. The van der Waals surface area contributed by atoms with Crippen LogP contribution in [0.15, 0.2) is 48.5 Å². The fraction of sp³-hybridized carbons (Fsp3) is 0.538. The molecule has 0 aliphatic heterocycles. The third-order valence-corrected chi connectivity index (χ3v) is 5.52. The zero-order chi connectivity index (χ0) is 21.6. The highest BCUT2D eigenvalue weighted by molar-refractivity contribution is 5.46. The molecule has 0 atom stereocenters. The Labute approximate surface area is 184 Å². The van der Waals surface area contributed by atoms with Crippen LogP contribution in [0, 0.1) is 0 Å². The molecule has 0 saturated carbocycles. The van der Waals surface area contributed by atoms with Gasteiger partial charge in [0, 0.05) is 52.7 Å². The standard InChI is InChI=1S/C26H42N4/c1-29(2)25-15-11-23(12-16-25)21-27-19-9-7-5-6-8-10-20-28-22-24-13-17-26(18-14-24)30(3)4/h11-18,27-28H,5-10,19-22H2,1-4H3. The van der Waals surface area contributed by atoms with Crippen LogP contribution in [-0.4, -0.2) is 41.3 Å². The SMILES string of the molecule is CN(C)c1ccc(CNCCCCCCCCNCc2ccc(N(C)C)cc2)cc1. The summed E-state index contributed by atoms with van der Waals surface area (Å²) in [7, 11) is 8.31. The van der Waals surface area contributed by atoms with Crippen molar-refractivity contribution in [2.45, 2.75) is 51.6 Å². The van der Waals surface area contributed by atoms with Crippen LogP contribution < -0.4 is 20.4 Å². The zero-order valence-corrected chi connectivity index (χ0v) is 19.6. The first kappa shape index (κ1) is 24.2. The molecule has 2 aromatic carbocycles. The Kier molecular flexibility index (Phi) is 11.3. The van der Waals surface area contributed by atoms with E-state index in [1.54, 1.807) is 0 Å². The Hall–Kier alpha value is -2.04. The molecule has 0 spiro atoms. The first-order valence-electron chi connectivity index (χ1n) is 11.5. The molecule has 0 bridgehead atoms. The Morgan fingerprint density at radius 2 is 0.833 bits per heavy atom. The maximum atomic E-state index is 3.57. The van der Waals surface area contributed by atoms with Crippen molar-refractivity contribution >= 4 is 11.4 Å². The highest BCUT2D eigenvalue weighted by atomic mass is 15.1. The van der Waals surface area contributed by atoms with Crippen molar-refractivity contribution in [1.82, 2.24) is 10.6 Å². The summed E-state index contributed by atoms with van der Waals surface area (Å²) in [5.74, 6) is 0. The first-order valence-corrected chi connectivity index (χ1v) is 11.5. The average molecular weight is 411 g/mol. The number of unbranched alkanes of at least 4 members (excludes halogenated alkanes) is 5. The molecule has 2 rings (SSSR count). The van der Waals surface area contributed by atoms with E-state index in [1.807, 2.05) is 0 Å². The molecule has 0 radical (unpaired) electrons. The normalized spacial score (nSPS) is 10.9. The summed E-state index contributed by atoms with van der Waals surface area (Å²) in [6.07, 6.45) is 7.92. The molecule has 4 nitrogen and oxygen atoms in total. The molecule has 0 aliphatic carbocycles. The van der Waals surface area contributed by atoms with Gasteiger partial charge in [0.15, 0.2) is 0 Å². The van der Waals surface area contributed by atoms with Crippen LogP contribution in [-0.2, 0) is 13.1 Å². The van der Waals surface area contributed by atoms with Gasteiger partial charge in [0.05, 0.1) is 0 Å². The van der Waals surface area contributed by atoms with Gasteiger partial charge in [-0.05, 0) is 61.3 Å². The topological polar surface area (TPSA) is 30.5 Å². The van der Waals surface area contributed by atoms with E-state index in [0.29, 0.717) is 0 Å². The maximum absolute atomic E-state index is 3.57. The lowest BCUT2D eigenvalue weighted by atomic mass is 10.1. The quantitative estimate of drug-likeness (QED) is 0.403. The van der Waals surface area contributed by atoms with E-state index in [-0.39, 0.29) is 0 Å². The summed E-state index contributed by atoms with van der Waals surface area (Å²) in [5.41, 5.74) is 5.24. The van der Waals surface area contributed by atoms with Crippen molar-refractivity contribution in [3.05, 3.63) is 59.7 Å². The monoisotopic (exact) mass is 410 g/mol. The van der Waals surface area contributed by atoms with Gasteiger partial charge in [-0.3, -0.25) is 0 Å². The van der Waals surface area contributed by atoms with E-state index in [4.69, 9.17) is 0 Å². The molecule has 0 aliphatic rings. The minimum atomic E-state index is 0.969. The number of benzene rings is 2. The number of nitrogens with one attached hydrogen (secondary N) is 2. The summed E-state index contributed by atoms with van der Waals surface area (Å²) < 4.78 is 0. The Morgan fingerprint density at radius 1 is 0.500 bits per heavy atom. The second-order valence-electron chi connectivity index (χ2n) is 8.60. The van der Waals surface area contributed by atoms with E-state index in [1.165, 1.54) is 61.0 Å². The molecule has 0 aromatic heterocycles. The highest BCUT2D eigenvalue weighted by Crippen LogP contribution is 2.13. The summed E-state index contributed by atoms with van der Waals surface area (Å²) >= 11 is 0. The minimum Gasteiger partial charge on any atom is -0.378 e. The number of hydrogen-bond donors (Lipinski definition) is 2. The summed E-state index contributed by atoms with van der Waals surface area (Å²) in [4.78, 5) is 4.27. The van der Waals surface area contributed by atoms with Gasteiger partial charge in [0.2, 0.25) is 0 Å². The number of rotatable bonds is 15. The average Bonchev–Trinajstić information content (AvgIpc) is 2.75. The van der Waals surface area contributed by atoms with Gasteiger partial charge in [-0.2, -0.15) is 0 Å². The second-order valence-corrected chi connectivity index (χ2v) is 8.60. The van der Waals surface area contributed by atoms with Crippen molar-refractivity contribution in [3.63, 3.8) is 0 Å². The van der Waals surface area contributed by atoms with Gasteiger partial charge in [-0.1, -0.05) is 49.9 Å². The van der Waals surface area contributed by atoms with Gasteiger partial charge in [0.25, 0.3) is 0 Å². The van der Waals surface area contributed by atoms with Crippen LogP contribution in [0.1, 0.15) is 49.7 Å². The van der Waals surface area contributed by atoms with Crippen molar-refractivity contribution in [3.8, 4) is 0 Å². The smallest absolute Gasteiger partial charge is 0.0361 e. The van der Waals surface area contributed by atoms with Gasteiger partial charge < -0.3 is 20.4 Å². The summed E-state index contributed by atoms with van der Waals surface area (Å²) in [5, 5.41) is 7.14. The van der Waals surface area contributed by atoms with Gasteiger partial charge in [0.1, 0.15) is 0 Å². The van der Waals surface area contributed by atoms with Crippen molar-refractivity contribution in [2.24, 2.45) is 0 Å². The predicted molar refractivity (Wildman–Crippen MR) is 133 cm³/mol. The van der Waals surface area contributed by atoms with E-state index < -0.39 is 0 Å². The van der Waals surface area contributed by atoms with E-state index in [0.717, 1.165) is 26.2 Å². The lowest BCUT2D eigenvalue weighted by Gasteiger charge is -2.13. The third kappa shape index (κ3) is 9.64. The van der Waals surface area contributed by atoms with Gasteiger partial charge >= 0.3 is 0 Å². The van der Waals surface area contributed by atoms with Crippen LogP contribution in [0.2, 0.25) is 0 Å². The van der Waals surface area contributed by atoms with Gasteiger partial charge in [-0.25, -0.2) is 0 Å². The first-order chi connectivity index (χ1) is 14.6. The number of nitrogens with zero attached hydrogens (tertiary/aromatic N) is 2. The number of anilines is 2.